The molecule has 32 heavy (non-hydrogen) atoms. The number of carbonyl (C=O) groups excluding carboxylic acids is 1. The number of ether oxygens (including phenoxy) is 1. The fourth-order valence-electron chi connectivity index (χ4n) is 3.67. The Morgan fingerprint density at radius 3 is 2.56 bits per heavy atom. The van der Waals surface area contributed by atoms with Crippen LogP contribution < -0.4 is 10.1 Å². The van der Waals surface area contributed by atoms with Crippen LogP contribution in [0.4, 0.5) is 5.69 Å². The zero-order valence-corrected chi connectivity index (χ0v) is 19.2. The molecule has 0 aliphatic rings. The number of rotatable bonds is 5. The Morgan fingerprint density at radius 2 is 1.84 bits per heavy atom. The number of furan rings is 1. The number of nitrogens with one attached hydrogen (secondary N) is 1. The number of methoxy groups -OCH3 is 1. The molecule has 0 atom stereocenters. The standard InChI is InChI=1S/C27H24ClNO3/c1-16-8-10-19(11-9-16)22-15-32-26-14-25(31-4)20(13-21(22)26)17(2)12-27(30)29-24-7-5-6-23(28)18(24)3/h5-15H,1-4H3,(H,29,30)/b17-12+. The molecule has 0 saturated carbocycles. The topological polar surface area (TPSA) is 51.5 Å². The van der Waals surface area contributed by atoms with Gasteiger partial charge >= 0.3 is 0 Å². The third-order valence-corrected chi connectivity index (χ3v) is 5.97. The van der Waals surface area contributed by atoms with Crippen molar-refractivity contribution < 1.29 is 13.9 Å². The van der Waals surface area contributed by atoms with Gasteiger partial charge in [0.1, 0.15) is 11.3 Å². The van der Waals surface area contributed by atoms with Crippen molar-refractivity contribution in [2.24, 2.45) is 0 Å². The van der Waals surface area contributed by atoms with E-state index in [-0.39, 0.29) is 5.91 Å². The molecule has 0 saturated heterocycles. The highest BCUT2D eigenvalue weighted by Crippen LogP contribution is 2.37. The van der Waals surface area contributed by atoms with Crippen molar-refractivity contribution >= 4 is 39.7 Å². The summed E-state index contributed by atoms with van der Waals surface area (Å²) in [5, 5.41) is 4.48. The number of hydrogen-bond acceptors (Lipinski definition) is 3. The lowest BCUT2D eigenvalue weighted by atomic mass is 9.99. The van der Waals surface area contributed by atoms with E-state index in [0.29, 0.717) is 16.5 Å². The van der Waals surface area contributed by atoms with Gasteiger partial charge in [-0.3, -0.25) is 4.79 Å². The summed E-state index contributed by atoms with van der Waals surface area (Å²) in [6.45, 7) is 5.82. The van der Waals surface area contributed by atoms with Gasteiger partial charge < -0.3 is 14.5 Å². The number of carbonyl (C=O) groups is 1. The van der Waals surface area contributed by atoms with Crippen molar-refractivity contribution in [3.63, 3.8) is 0 Å². The molecule has 0 bridgehead atoms. The normalized spacial score (nSPS) is 11.6. The van der Waals surface area contributed by atoms with Crippen molar-refractivity contribution in [3.8, 4) is 16.9 Å². The van der Waals surface area contributed by atoms with Crippen molar-refractivity contribution in [2.75, 3.05) is 12.4 Å². The first-order valence-electron chi connectivity index (χ1n) is 10.3. The lowest BCUT2D eigenvalue weighted by Gasteiger charge is -2.11. The molecule has 5 heteroatoms. The van der Waals surface area contributed by atoms with Gasteiger partial charge in [0.05, 0.1) is 13.4 Å². The highest BCUT2D eigenvalue weighted by Gasteiger charge is 2.15. The molecule has 1 amide bonds. The summed E-state index contributed by atoms with van der Waals surface area (Å²) in [5.74, 6) is 0.406. The molecule has 0 aliphatic heterocycles. The van der Waals surface area contributed by atoms with Gasteiger partial charge in [-0.25, -0.2) is 0 Å². The lowest BCUT2D eigenvalue weighted by molar-refractivity contribution is -0.111. The second-order valence-electron chi connectivity index (χ2n) is 7.79. The van der Waals surface area contributed by atoms with Crippen LogP contribution in [0.25, 0.3) is 27.7 Å². The lowest BCUT2D eigenvalue weighted by Crippen LogP contribution is -2.10. The van der Waals surface area contributed by atoms with Crippen LogP contribution in [-0.4, -0.2) is 13.0 Å². The van der Waals surface area contributed by atoms with Gasteiger partial charge in [0.25, 0.3) is 0 Å². The smallest absolute Gasteiger partial charge is 0.248 e. The highest BCUT2D eigenvalue weighted by atomic mass is 35.5. The number of halogens is 1. The van der Waals surface area contributed by atoms with Gasteiger partial charge in [0, 0.05) is 39.4 Å². The van der Waals surface area contributed by atoms with Crippen molar-refractivity contribution in [1.82, 2.24) is 0 Å². The summed E-state index contributed by atoms with van der Waals surface area (Å²) in [5.41, 5.74) is 7.11. The van der Waals surface area contributed by atoms with Crippen LogP contribution in [0.5, 0.6) is 5.75 Å². The van der Waals surface area contributed by atoms with Crippen LogP contribution in [0.2, 0.25) is 5.02 Å². The summed E-state index contributed by atoms with van der Waals surface area (Å²) in [4.78, 5) is 12.7. The van der Waals surface area contributed by atoms with Crippen LogP contribution in [0.3, 0.4) is 0 Å². The Hall–Kier alpha value is -3.50. The minimum absolute atomic E-state index is 0.235. The van der Waals surface area contributed by atoms with E-state index in [1.165, 1.54) is 5.56 Å². The van der Waals surface area contributed by atoms with Gasteiger partial charge in [-0.2, -0.15) is 0 Å². The van der Waals surface area contributed by atoms with Crippen LogP contribution in [0, 0.1) is 13.8 Å². The molecular weight excluding hydrogens is 422 g/mol. The van der Waals surface area contributed by atoms with Crippen molar-refractivity contribution in [3.05, 3.63) is 88.6 Å². The Morgan fingerprint density at radius 1 is 1.09 bits per heavy atom. The molecule has 1 N–H and O–H groups in total. The van der Waals surface area contributed by atoms with E-state index in [4.69, 9.17) is 20.8 Å². The molecule has 0 aliphatic carbocycles. The van der Waals surface area contributed by atoms with Gasteiger partial charge in [0.15, 0.2) is 0 Å². The fraction of sp³-hybridized carbons (Fsp3) is 0.148. The van der Waals surface area contributed by atoms with Crippen LogP contribution in [0.15, 0.2) is 71.4 Å². The van der Waals surface area contributed by atoms with E-state index >= 15 is 0 Å². The second-order valence-corrected chi connectivity index (χ2v) is 8.20. The maximum atomic E-state index is 12.7. The van der Waals surface area contributed by atoms with Gasteiger partial charge in [-0.15, -0.1) is 0 Å². The number of allylic oxidation sites excluding steroid dienone is 1. The number of benzene rings is 3. The number of anilines is 1. The highest BCUT2D eigenvalue weighted by molar-refractivity contribution is 6.31. The number of amides is 1. The molecule has 0 spiro atoms. The molecule has 3 aromatic carbocycles. The third kappa shape index (κ3) is 4.27. The van der Waals surface area contributed by atoms with E-state index in [9.17, 15) is 4.79 Å². The van der Waals surface area contributed by atoms with Gasteiger partial charge in [-0.1, -0.05) is 47.5 Å². The Balaban J connectivity index is 1.71. The van der Waals surface area contributed by atoms with Crippen LogP contribution in [0.1, 0.15) is 23.6 Å². The number of aryl methyl sites for hydroxylation is 1. The maximum absolute atomic E-state index is 12.7. The molecule has 0 radical (unpaired) electrons. The molecule has 4 nitrogen and oxygen atoms in total. The quantitative estimate of drug-likeness (QED) is 0.325. The van der Waals surface area contributed by atoms with E-state index in [2.05, 4.69) is 36.5 Å². The first kappa shape index (κ1) is 21.7. The van der Waals surface area contributed by atoms with Crippen molar-refractivity contribution in [1.29, 1.82) is 0 Å². The fourth-order valence-corrected chi connectivity index (χ4v) is 3.85. The number of hydrogen-bond donors (Lipinski definition) is 1. The van der Waals surface area contributed by atoms with Gasteiger partial charge in [0.2, 0.25) is 5.91 Å². The minimum atomic E-state index is -0.235. The molecule has 0 fully saturated rings. The van der Waals surface area contributed by atoms with Crippen molar-refractivity contribution in [2.45, 2.75) is 20.8 Å². The average molecular weight is 446 g/mol. The Kier molecular flexibility index (Phi) is 6.06. The first-order valence-corrected chi connectivity index (χ1v) is 10.7. The summed E-state index contributed by atoms with van der Waals surface area (Å²) in [7, 11) is 1.61. The predicted molar refractivity (Wildman–Crippen MR) is 131 cm³/mol. The molecule has 0 unspecified atom stereocenters. The van der Waals surface area contributed by atoms with Crippen LogP contribution in [-0.2, 0) is 4.79 Å². The first-order chi connectivity index (χ1) is 15.4. The molecule has 4 rings (SSSR count). The molecule has 1 aromatic heterocycles. The van der Waals surface area contributed by atoms with E-state index in [1.54, 1.807) is 25.5 Å². The minimum Gasteiger partial charge on any atom is -0.496 e. The summed E-state index contributed by atoms with van der Waals surface area (Å²) in [6, 6.07) is 17.6. The maximum Gasteiger partial charge on any atom is 0.248 e. The van der Waals surface area contributed by atoms with E-state index in [0.717, 1.165) is 38.8 Å². The molecule has 4 aromatic rings. The molecule has 1 heterocycles. The summed E-state index contributed by atoms with van der Waals surface area (Å²) >= 11 is 6.17. The summed E-state index contributed by atoms with van der Waals surface area (Å²) in [6.07, 6.45) is 3.32. The van der Waals surface area contributed by atoms with Gasteiger partial charge in [-0.05, 0) is 55.7 Å². The monoisotopic (exact) mass is 445 g/mol. The SMILES string of the molecule is COc1cc2occ(-c3ccc(C)cc3)c2cc1/C(C)=C/C(=O)Nc1cccc(Cl)c1C. The zero-order valence-electron chi connectivity index (χ0n) is 18.5. The van der Waals surface area contributed by atoms with E-state index < -0.39 is 0 Å². The molecular formula is C27H24ClNO3. The Labute approximate surface area is 192 Å². The Bertz CT molecular complexity index is 1330. The molecule has 162 valence electrons. The average Bonchev–Trinajstić information content (AvgIpc) is 3.19. The number of fused-ring (bicyclic) bond motifs is 1. The zero-order chi connectivity index (χ0) is 22.8. The van der Waals surface area contributed by atoms with Crippen LogP contribution >= 0.6 is 11.6 Å². The largest absolute Gasteiger partial charge is 0.496 e. The second kappa shape index (κ2) is 8.93. The third-order valence-electron chi connectivity index (χ3n) is 5.56. The predicted octanol–water partition coefficient (Wildman–Crippen LogP) is 7.42. The summed E-state index contributed by atoms with van der Waals surface area (Å²) < 4.78 is 11.4. The van der Waals surface area contributed by atoms with E-state index in [1.807, 2.05) is 38.1 Å².